The minimum Gasteiger partial charge on any atom is -0.481 e. The molecule has 3 unspecified atom stereocenters. The minimum atomic E-state index is -1.64. The van der Waals surface area contributed by atoms with Gasteiger partial charge in [-0.3, -0.25) is 9.59 Å². The lowest BCUT2D eigenvalue weighted by molar-refractivity contribution is -0.157. The predicted octanol–water partition coefficient (Wildman–Crippen LogP) is -2.46. The first-order valence-corrected chi connectivity index (χ1v) is 3.40. The summed E-state index contributed by atoms with van der Waals surface area (Å²) in [6.07, 6.45) is -3.16. The van der Waals surface area contributed by atoms with Crippen LogP contribution in [0.15, 0.2) is 0 Å². The van der Waals surface area contributed by atoms with Crippen LogP contribution in [0.5, 0.6) is 0 Å². The molecule has 0 aromatic heterocycles. The maximum atomic E-state index is 10.7. The normalized spacial score (nSPS) is 35.8. The summed E-state index contributed by atoms with van der Waals surface area (Å²) in [7, 11) is 0. The number of rotatable bonds is 1. The van der Waals surface area contributed by atoms with Gasteiger partial charge in [-0.05, 0) is 0 Å². The molecule has 0 saturated carbocycles. The molecule has 0 bridgehead atoms. The van der Waals surface area contributed by atoms with Crippen molar-refractivity contribution < 1.29 is 24.9 Å². The molecule has 1 rings (SSSR count). The number of hydrogen-bond acceptors (Lipinski definition) is 4. The molecular formula is C6H9NO5. The smallest absolute Gasteiger partial charge is 0.311 e. The van der Waals surface area contributed by atoms with E-state index in [4.69, 9.17) is 15.3 Å². The molecule has 1 fully saturated rings. The summed E-state index contributed by atoms with van der Waals surface area (Å²) in [4.78, 5) is 21.1. The molecule has 1 aliphatic rings. The van der Waals surface area contributed by atoms with Gasteiger partial charge in [-0.2, -0.15) is 0 Å². The molecular weight excluding hydrogens is 166 g/mol. The third-order valence-corrected chi connectivity index (χ3v) is 1.82. The molecule has 12 heavy (non-hydrogen) atoms. The lowest BCUT2D eigenvalue weighted by Gasteiger charge is -2.28. The van der Waals surface area contributed by atoms with Crippen LogP contribution in [0.25, 0.3) is 0 Å². The number of hydrogen-bond donors (Lipinski definition) is 4. The summed E-state index contributed by atoms with van der Waals surface area (Å²) in [5.41, 5.74) is 0. The van der Waals surface area contributed by atoms with E-state index in [9.17, 15) is 9.59 Å². The van der Waals surface area contributed by atoms with Crippen molar-refractivity contribution in [2.24, 2.45) is 5.92 Å². The van der Waals surface area contributed by atoms with Gasteiger partial charge in [0, 0.05) is 6.54 Å². The van der Waals surface area contributed by atoms with Crippen molar-refractivity contribution in [3.05, 3.63) is 0 Å². The lowest BCUT2D eigenvalue weighted by atomic mass is 9.94. The van der Waals surface area contributed by atoms with Gasteiger partial charge < -0.3 is 20.6 Å². The van der Waals surface area contributed by atoms with Gasteiger partial charge >= 0.3 is 5.97 Å². The lowest BCUT2D eigenvalue weighted by Crippen LogP contribution is -2.56. The Morgan fingerprint density at radius 1 is 1.50 bits per heavy atom. The maximum Gasteiger partial charge on any atom is 0.311 e. The molecule has 1 heterocycles. The van der Waals surface area contributed by atoms with Crippen LogP contribution in [0.3, 0.4) is 0 Å². The van der Waals surface area contributed by atoms with Crippen LogP contribution in [0.2, 0.25) is 0 Å². The summed E-state index contributed by atoms with van der Waals surface area (Å²) in [5.74, 6) is -3.10. The highest BCUT2D eigenvalue weighted by molar-refractivity contribution is 5.85. The van der Waals surface area contributed by atoms with E-state index in [1.807, 2.05) is 0 Å². The van der Waals surface area contributed by atoms with E-state index in [0.29, 0.717) is 0 Å². The fourth-order valence-corrected chi connectivity index (χ4v) is 1.04. The summed E-state index contributed by atoms with van der Waals surface area (Å²) >= 11 is 0. The second-order valence-corrected chi connectivity index (χ2v) is 2.63. The average molecular weight is 175 g/mol. The van der Waals surface area contributed by atoms with E-state index in [1.165, 1.54) is 0 Å². The molecule has 1 saturated heterocycles. The molecule has 0 radical (unpaired) electrons. The number of carboxylic acid groups (broad SMARTS) is 1. The Bertz CT molecular complexity index is 216. The first-order chi connectivity index (χ1) is 5.54. The van der Waals surface area contributed by atoms with Gasteiger partial charge in [0.25, 0.3) is 5.91 Å². The van der Waals surface area contributed by atoms with Gasteiger partial charge in [-0.25, -0.2) is 0 Å². The molecule has 6 nitrogen and oxygen atoms in total. The number of aliphatic hydroxyl groups excluding tert-OH is 2. The number of carboxylic acids is 1. The second kappa shape index (κ2) is 3.08. The number of nitrogens with one attached hydrogen (secondary N) is 1. The predicted molar refractivity (Wildman–Crippen MR) is 36.1 cm³/mol. The Morgan fingerprint density at radius 2 is 2.08 bits per heavy atom. The van der Waals surface area contributed by atoms with Crippen molar-refractivity contribution in [2.75, 3.05) is 6.54 Å². The van der Waals surface area contributed by atoms with Gasteiger partial charge in [0.1, 0.15) is 12.0 Å². The molecule has 1 amide bonds. The molecule has 4 N–H and O–H groups in total. The third-order valence-electron chi connectivity index (χ3n) is 1.82. The summed E-state index contributed by atoms with van der Waals surface area (Å²) in [5, 5.41) is 28.7. The number of amides is 1. The van der Waals surface area contributed by atoms with Gasteiger partial charge in [0.15, 0.2) is 6.10 Å². The van der Waals surface area contributed by atoms with Crippen molar-refractivity contribution in [2.45, 2.75) is 12.2 Å². The van der Waals surface area contributed by atoms with E-state index in [2.05, 4.69) is 5.32 Å². The van der Waals surface area contributed by atoms with Crippen molar-refractivity contribution in [3.8, 4) is 0 Å². The molecule has 0 spiro atoms. The zero-order chi connectivity index (χ0) is 9.30. The highest BCUT2D eigenvalue weighted by atomic mass is 16.4. The molecule has 3 atom stereocenters. The van der Waals surface area contributed by atoms with Crippen LogP contribution >= 0.6 is 0 Å². The first-order valence-electron chi connectivity index (χ1n) is 3.40. The fourth-order valence-electron chi connectivity index (χ4n) is 1.04. The van der Waals surface area contributed by atoms with Crippen LogP contribution in [0.1, 0.15) is 0 Å². The van der Waals surface area contributed by atoms with Crippen LogP contribution in [0, 0.1) is 5.92 Å². The Labute approximate surface area is 67.8 Å². The number of aliphatic hydroxyl groups is 2. The third kappa shape index (κ3) is 1.39. The van der Waals surface area contributed by atoms with E-state index >= 15 is 0 Å². The van der Waals surface area contributed by atoms with Gasteiger partial charge in [-0.1, -0.05) is 0 Å². The SMILES string of the molecule is O=C1NCC(C(=O)O)C(O)C1O. The number of carbonyl (C=O) groups is 2. The fraction of sp³-hybridized carbons (Fsp3) is 0.667. The Morgan fingerprint density at radius 3 is 2.58 bits per heavy atom. The van der Waals surface area contributed by atoms with Crippen LogP contribution in [-0.4, -0.2) is 45.9 Å². The topological polar surface area (TPSA) is 107 Å². The Kier molecular flexibility index (Phi) is 2.30. The van der Waals surface area contributed by atoms with E-state index in [-0.39, 0.29) is 6.54 Å². The number of carbonyl (C=O) groups excluding carboxylic acids is 1. The summed E-state index contributed by atoms with van der Waals surface area (Å²) in [6.45, 7) is -0.146. The van der Waals surface area contributed by atoms with E-state index in [1.54, 1.807) is 0 Å². The Hall–Kier alpha value is -1.14. The maximum absolute atomic E-state index is 10.7. The molecule has 0 aromatic rings. The molecule has 1 aliphatic heterocycles. The molecule has 0 aliphatic carbocycles. The Balaban J connectivity index is 2.71. The summed E-state index contributed by atoms with van der Waals surface area (Å²) < 4.78 is 0. The van der Waals surface area contributed by atoms with Crippen LogP contribution in [0.4, 0.5) is 0 Å². The van der Waals surface area contributed by atoms with Crippen molar-refractivity contribution >= 4 is 11.9 Å². The van der Waals surface area contributed by atoms with E-state index in [0.717, 1.165) is 0 Å². The van der Waals surface area contributed by atoms with E-state index < -0.39 is 30.0 Å². The molecule has 6 heteroatoms. The largest absolute Gasteiger partial charge is 0.481 e. The van der Waals surface area contributed by atoms with Crippen LogP contribution < -0.4 is 5.32 Å². The molecule has 68 valence electrons. The zero-order valence-electron chi connectivity index (χ0n) is 6.10. The first kappa shape index (κ1) is 8.95. The quantitative estimate of drug-likeness (QED) is 0.353. The standard InChI is InChI=1S/C6H9NO5/c8-3-2(6(11)12)1-7-5(10)4(3)9/h2-4,8-9H,1H2,(H,7,10)(H,11,12). The average Bonchev–Trinajstić information content (AvgIpc) is 2.00. The van der Waals surface area contributed by atoms with Gasteiger partial charge in [-0.15, -0.1) is 0 Å². The van der Waals surface area contributed by atoms with Crippen molar-refractivity contribution in [1.82, 2.24) is 5.32 Å². The molecule has 0 aromatic carbocycles. The zero-order valence-corrected chi connectivity index (χ0v) is 6.10. The number of piperidine rings is 1. The second-order valence-electron chi connectivity index (χ2n) is 2.63. The van der Waals surface area contributed by atoms with Crippen molar-refractivity contribution in [1.29, 1.82) is 0 Å². The minimum absolute atomic E-state index is 0.146. The highest BCUT2D eigenvalue weighted by Crippen LogP contribution is 2.12. The monoisotopic (exact) mass is 175 g/mol. The summed E-state index contributed by atoms with van der Waals surface area (Å²) in [6, 6.07) is 0. The van der Waals surface area contributed by atoms with Gasteiger partial charge in [0.05, 0.1) is 0 Å². The van der Waals surface area contributed by atoms with Crippen LogP contribution in [-0.2, 0) is 9.59 Å². The van der Waals surface area contributed by atoms with Gasteiger partial charge in [0.2, 0.25) is 0 Å². The van der Waals surface area contributed by atoms with Crippen molar-refractivity contribution in [3.63, 3.8) is 0 Å². The highest BCUT2D eigenvalue weighted by Gasteiger charge is 2.40. The number of aliphatic carboxylic acids is 1.